The van der Waals surface area contributed by atoms with Crippen LogP contribution in [0.3, 0.4) is 0 Å². The molecule has 0 amide bonds. The fraction of sp³-hybridized carbons (Fsp3) is 1.00. The number of hydrogen-bond donors (Lipinski definition) is 0. The Hall–Kier alpha value is -0.200. The molecular formula is C13H26N2O3. The molecule has 0 saturated carbocycles. The van der Waals surface area contributed by atoms with Crippen molar-refractivity contribution in [3.63, 3.8) is 0 Å². The van der Waals surface area contributed by atoms with Crippen molar-refractivity contribution in [2.75, 3.05) is 72.8 Å². The van der Waals surface area contributed by atoms with Crippen LogP contribution in [-0.4, -0.2) is 88.7 Å². The summed E-state index contributed by atoms with van der Waals surface area (Å²) in [6.07, 6.45) is 1.36. The Morgan fingerprint density at radius 3 is 2.61 bits per heavy atom. The van der Waals surface area contributed by atoms with Crippen molar-refractivity contribution in [3.05, 3.63) is 0 Å². The number of hydrogen-bond acceptors (Lipinski definition) is 5. The van der Waals surface area contributed by atoms with Crippen LogP contribution in [0.1, 0.15) is 6.42 Å². The lowest BCUT2D eigenvalue weighted by atomic mass is 10.2. The van der Waals surface area contributed by atoms with Gasteiger partial charge in [-0.1, -0.05) is 0 Å². The molecule has 18 heavy (non-hydrogen) atoms. The Morgan fingerprint density at radius 2 is 1.89 bits per heavy atom. The van der Waals surface area contributed by atoms with Gasteiger partial charge in [0.05, 0.1) is 39.1 Å². The monoisotopic (exact) mass is 258 g/mol. The van der Waals surface area contributed by atoms with Crippen LogP contribution in [0.15, 0.2) is 0 Å². The van der Waals surface area contributed by atoms with Gasteiger partial charge in [0.2, 0.25) is 0 Å². The largest absolute Gasteiger partial charge is 0.379 e. The molecule has 0 spiro atoms. The average Bonchev–Trinajstić information content (AvgIpc) is 2.45. The topological polar surface area (TPSA) is 34.2 Å². The summed E-state index contributed by atoms with van der Waals surface area (Å²) in [4.78, 5) is 4.85. The average molecular weight is 258 g/mol. The van der Waals surface area contributed by atoms with Crippen molar-refractivity contribution in [1.82, 2.24) is 9.80 Å². The van der Waals surface area contributed by atoms with Gasteiger partial charge in [0.1, 0.15) is 0 Å². The SMILES string of the molecule is CN(CCC1COCCO1)CCN1CCOCC1. The Morgan fingerprint density at radius 1 is 1.06 bits per heavy atom. The van der Waals surface area contributed by atoms with E-state index >= 15 is 0 Å². The molecule has 2 saturated heterocycles. The Bertz CT molecular complexity index is 194. The fourth-order valence-corrected chi connectivity index (χ4v) is 2.32. The molecule has 0 radical (unpaired) electrons. The van der Waals surface area contributed by atoms with E-state index in [1.54, 1.807) is 0 Å². The first-order chi connectivity index (χ1) is 8.84. The van der Waals surface area contributed by atoms with Crippen molar-refractivity contribution < 1.29 is 14.2 Å². The van der Waals surface area contributed by atoms with Crippen molar-refractivity contribution in [2.45, 2.75) is 12.5 Å². The quantitative estimate of drug-likeness (QED) is 0.673. The molecule has 2 heterocycles. The van der Waals surface area contributed by atoms with E-state index < -0.39 is 0 Å². The minimum atomic E-state index is 0.296. The molecule has 0 N–H and O–H groups in total. The zero-order valence-corrected chi connectivity index (χ0v) is 11.5. The van der Waals surface area contributed by atoms with Crippen LogP contribution in [0, 0.1) is 0 Å². The van der Waals surface area contributed by atoms with E-state index in [1.165, 1.54) is 0 Å². The molecular weight excluding hydrogens is 232 g/mol. The molecule has 0 bridgehead atoms. The van der Waals surface area contributed by atoms with E-state index in [9.17, 15) is 0 Å². The Kier molecular flexibility index (Phi) is 6.37. The summed E-state index contributed by atoms with van der Waals surface area (Å²) in [7, 11) is 2.18. The third-order valence-corrected chi connectivity index (χ3v) is 3.62. The van der Waals surface area contributed by atoms with E-state index in [0.29, 0.717) is 6.10 Å². The Labute approximate surface area is 110 Å². The zero-order chi connectivity index (χ0) is 12.6. The first-order valence-electron chi connectivity index (χ1n) is 7.02. The van der Waals surface area contributed by atoms with Crippen LogP contribution < -0.4 is 0 Å². The van der Waals surface area contributed by atoms with Gasteiger partial charge in [-0.15, -0.1) is 0 Å². The lowest BCUT2D eigenvalue weighted by Gasteiger charge is -2.29. The first kappa shape index (κ1) is 14.2. The van der Waals surface area contributed by atoms with Crippen molar-refractivity contribution >= 4 is 0 Å². The van der Waals surface area contributed by atoms with Crippen molar-refractivity contribution in [2.24, 2.45) is 0 Å². The van der Waals surface area contributed by atoms with Crippen LogP contribution in [0.25, 0.3) is 0 Å². The maximum Gasteiger partial charge on any atom is 0.0821 e. The predicted molar refractivity (Wildman–Crippen MR) is 69.9 cm³/mol. The van der Waals surface area contributed by atoms with Gasteiger partial charge < -0.3 is 19.1 Å². The van der Waals surface area contributed by atoms with Crippen LogP contribution in [0.2, 0.25) is 0 Å². The first-order valence-corrected chi connectivity index (χ1v) is 7.02. The molecule has 2 aliphatic heterocycles. The molecule has 2 aliphatic rings. The van der Waals surface area contributed by atoms with E-state index in [1.807, 2.05) is 0 Å². The van der Waals surface area contributed by atoms with Crippen LogP contribution in [0.4, 0.5) is 0 Å². The van der Waals surface area contributed by atoms with Gasteiger partial charge in [-0.2, -0.15) is 0 Å². The minimum Gasteiger partial charge on any atom is -0.379 e. The molecule has 1 atom stereocenters. The number of nitrogens with zero attached hydrogens (tertiary/aromatic N) is 2. The summed E-state index contributed by atoms with van der Waals surface area (Å²) >= 11 is 0. The highest BCUT2D eigenvalue weighted by Gasteiger charge is 2.15. The highest BCUT2D eigenvalue weighted by molar-refractivity contribution is 4.67. The third-order valence-electron chi connectivity index (χ3n) is 3.62. The molecule has 106 valence electrons. The van der Waals surface area contributed by atoms with E-state index in [2.05, 4.69) is 16.8 Å². The Balaban J connectivity index is 1.52. The molecule has 1 unspecified atom stereocenters. The maximum atomic E-state index is 5.64. The lowest BCUT2D eigenvalue weighted by molar-refractivity contribution is -0.0923. The summed E-state index contributed by atoms with van der Waals surface area (Å²) in [5, 5.41) is 0. The van der Waals surface area contributed by atoms with E-state index in [4.69, 9.17) is 14.2 Å². The number of ether oxygens (including phenoxy) is 3. The minimum absolute atomic E-state index is 0.296. The number of likely N-dealkylation sites (N-methyl/N-ethyl adjacent to an activating group) is 1. The summed E-state index contributed by atoms with van der Waals surface area (Å²) in [5.74, 6) is 0. The second-order valence-corrected chi connectivity index (χ2v) is 5.11. The molecule has 0 aromatic heterocycles. The van der Waals surface area contributed by atoms with Gasteiger partial charge in [-0.25, -0.2) is 0 Å². The second-order valence-electron chi connectivity index (χ2n) is 5.11. The van der Waals surface area contributed by atoms with Crippen molar-refractivity contribution in [1.29, 1.82) is 0 Å². The predicted octanol–water partition coefficient (Wildman–Crippen LogP) is 0.0559. The van der Waals surface area contributed by atoms with Crippen LogP contribution >= 0.6 is 0 Å². The van der Waals surface area contributed by atoms with Gasteiger partial charge >= 0.3 is 0 Å². The summed E-state index contributed by atoms with van der Waals surface area (Å²) < 4.78 is 16.4. The van der Waals surface area contributed by atoms with Gasteiger partial charge in [0, 0.05) is 32.7 Å². The smallest absolute Gasteiger partial charge is 0.0821 e. The highest BCUT2D eigenvalue weighted by atomic mass is 16.6. The van der Waals surface area contributed by atoms with Crippen molar-refractivity contribution in [3.8, 4) is 0 Å². The normalized spacial score (nSPS) is 26.7. The fourth-order valence-electron chi connectivity index (χ4n) is 2.32. The summed E-state index contributed by atoms with van der Waals surface area (Å²) in [6.45, 7) is 9.53. The van der Waals surface area contributed by atoms with Gasteiger partial charge in [-0.3, -0.25) is 4.90 Å². The van der Waals surface area contributed by atoms with E-state index in [-0.39, 0.29) is 0 Å². The zero-order valence-electron chi connectivity index (χ0n) is 11.5. The maximum absolute atomic E-state index is 5.64. The molecule has 0 aromatic rings. The molecule has 0 aromatic carbocycles. The molecule has 0 aliphatic carbocycles. The second kappa shape index (κ2) is 8.07. The third kappa shape index (κ3) is 5.20. The van der Waals surface area contributed by atoms with E-state index in [0.717, 1.165) is 72.2 Å². The number of morpholine rings is 1. The molecule has 2 fully saturated rings. The molecule has 2 rings (SSSR count). The number of rotatable bonds is 6. The summed E-state index contributed by atoms with van der Waals surface area (Å²) in [5.41, 5.74) is 0. The van der Waals surface area contributed by atoms with Gasteiger partial charge in [0.25, 0.3) is 0 Å². The molecule has 5 heteroatoms. The van der Waals surface area contributed by atoms with Crippen LogP contribution in [0.5, 0.6) is 0 Å². The standard InChI is InChI=1S/C13H26N2O3/c1-14(3-2-13-12-17-10-11-18-13)4-5-15-6-8-16-9-7-15/h13H,2-12H2,1H3. The molecule has 5 nitrogen and oxygen atoms in total. The van der Waals surface area contributed by atoms with Gasteiger partial charge in [0.15, 0.2) is 0 Å². The lowest BCUT2D eigenvalue weighted by Crippen LogP contribution is -2.41. The highest BCUT2D eigenvalue weighted by Crippen LogP contribution is 2.06. The summed E-state index contributed by atoms with van der Waals surface area (Å²) in [6, 6.07) is 0. The van der Waals surface area contributed by atoms with Crippen LogP contribution in [-0.2, 0) is 14.2 Å². The van der Waals surface area contributed by atoms with Gasteiger partial charge in [-0.05, 0) is 13.5 Å².